The molecule has 0 aromatic heterocycles. The number of halogens is 2. The topological polar surface area (TPSA) is 30.5 Å². The highest BCUT2D eigenvalue weighted by Gasteiger charge is 2.15. The molecule has 0 unspecified atom stereocenters. The minimum atomic E-state index is 0.631. The first-order chi connectivity index (χ1) is 9.20. The van der Waals surface area contributed by atoms with Gasteiger partial charge in [0.2, 0.25) is 0 Å². The third-order valence-corrected chi connectivity index (χ3v) is 4.03. The molecule has 0 aliphatic carbocycles. The Morgan fingerprint density at radius 3 is 2.84 bits per heavy atom. The standard InChI is InChI=1S/C14H19BrClNO2/c1-2-19-14-12(15)7-11(16)8-13(14)17-9-10-3-5-18-6-4-10/h7-8,10,17H,2-6,9H2,1H3. The highest BCUT2D eigenvalue weighted by Crippen LogP contribution is 2.36. The van der Waals surface area contributed by atoms with Crippen molar-refractivity contribution in [1.82, 2.24) is 0 Å². The first-order valence-electron chi connectivity index (χ1n) is 6.64. The van der Waals surface area contributed by atoms with Gasteiger partial charge in [0.15, 0.2) is 5.75 Å². The molecule has 1 N–H and O–H groups in total. The summed E-state index contributed by atoms with van der Waals surface area (Å²) in [6.45, 7) is 5.26. The SMILES string of the molecule is CCOc1c(Br)cc(Cl)cc1NCC1CCOCC1. The Labute approximate surface area is 127 Å². The van der Waals surface area contributed by atoms with Gasteiger partial charge in [0.05, 0.1) is 16.8 Å². The predicted molar refractivity (Wildman–Crippen MR) is 82.4 cm³/mol. The van der Waals surface area contributed by atoms with E-state index in [0.29, 0.717) is 17.5 Å². The van der Waals surface area contributed by atoms with Crippen LogP contribution in [-0.4, -0.2) is 26.4 Å². The molecule has 1 fully saturated rings. The van der Waals surface area contributed by atoms with E-state index in [0.717, 1.165) is 48.5 Å². The number of anilines is 1. The van der Waals surface area contributed by atoms with Gasteiger partial charge in [-0.05, 0) is 53.7 Å². The maximum atomic E-state index is 6.10. The monoisotopic (exact) mass is 347 g/mol. The molecule has 1 aliphatic heterocycles. The van der Waals surface area contributed by atoms with E-state index in [1.165, 1.54) is 0 Å². The van der Waals surface area contributed by atoms with Crippen LogP contribution in [0.3, 0.4) is 0 Å². The molecule has 1 aromatic rings. The summed E-state index contributed by atoms with van der Waals surface area (Å²) in [4.78, 5) is 0. The van der Waals surface area contributed by atoms with Crippen LogP contribution in [0, 0.1) is 5.92 Å². The molecule has 1 heterocycles. The van der Waals surface area contributed by atoms with Crippen LogP contribution in [0.25, 0.3) is 0 Å². The van der Waals surface area contributed by atoms with Gasteiger partial charge in [-0.1, -0.05) is 11.6 Å². The summed E-state index contributed by atoms with van der Waals surface area (Å²) in [5.74, 6) is 1.49. The molecule has 5 heteroatoms. The van der Waals surface area contributed by atoms with Crippen molar-refractivity contribution in [2.75, 3.05) is 31.7 Å². The lowest BCUT2D eigenvalue weighted by molar-refractivity contribution is 0.0699. The molecule has 3 nitrogen and oxygen atoms in total. The van der Waals surface area contributed by atoms with Gasteiger partial charge >= 0.3 is 0 Å². The lowest BCUT2D eigenvalue weighted by Gasteiger charge is -2.23. The van der Waals surface area contributed by atoms with Crippen molar-refractivity contribution in [3.63, 3.8) is 0 Å². The van der Waals surface area contributed by atoms with Crippen LogP contribution in [0.5, 0.6) is 5.75 Å². The third kappa shape index (κ3) is 4.26. The van der Waals surface area contributed by atoms with Crippen molar-refractivity contribution in [1.29, 1.82) is 0 Å². The van der Waals surface area contributed by atoms with E-state index in [4.69, 9.17) is 21.1 Å². The molecule has 2 rings (SSSR count). The van der Waals surface area contributed by atoms with Crippen molar-refractivity contribution < 1.29 is 9.47 Å². The summed E-state index contributed by atoms with van der Waals surface area (Å²) in [7, 11) is 0. The molecule has 1 aromatic carbocycles. The second kappa shape index (κ2) is 7.36. The fourth-order valence-electron chi connectivity index (χ4n) is 2.19. The van der Waals surface area contributed by atoms with Crippen molar-refractivity contribution in [3.05, 3.63) is 21.6 Å². The van der Waals surface area contributed by atoms with Crippen LogP contribution < -0.4 is 10.1 Å². The van der Waals surface area contributed by atoms with E-state index < -0.39 is 0 Å². The molecule has 0 radical (unpaired) electrons. The second-order valence-corrected chi connectivity index (χ2v) is 5.92. The molecule has 0 amide bonds. The van der Waals surface area contributed by atoms with Crippen molar-refractivity contribution >= 4 is 33.2 Å². The van der Waals surface area contributed by atoms with Gasteiger partial charge in [0.25, 0.3) is 0 Å². The van der Waals surface area contributed by atoms with Gasteiger partial charge in [-0.3, -0.25) is 0 Å². The van der Waals surface area contributed by atoms with Crippen LogP contribution >= 0.6 is 27.5 Å². The molecule has 0 spiro atoms. The summed E-state index contributed by atoms with van der Waals surface area (Å²) < 4.78 is 11.9. The highest BCUT2D eigenvalue weighted by molar-refractivity contribution is 9.10. The average Bonchev–Trinajstić information content (AvgIpc) is 2.41. The molecule has 19 heavy (non-hydrogen) atoms. The number of hydrogen-bond acceptors (Lipinski definition) is 3. The summed E-state index contributed by atoms with van der Waals surface area (Å²) in [6.07, 6.45) is 2.22. The molecule has 1 saturated heterocycles. The first kappa shape index (κ1) is 14.9. The quantitative estimate of drug-likeness (QED) is 0.858. The van der Waals surface area contributed by atoms with Crippen LogP contribution in [0.4, 0.5) is 5.69 Å². The Kier molecular flexibility index (Phi) is 5.79. The molecule has 1 aliphatic rings. The zero-order valence-electron chi connectivity index (χ0n) is 11.0. The average molecular weight is 349 g/mol. The van der Waals surface area contributed by atoms with Gasteiger partial charge in [-0.25, -0.2) is 0 Å². The normalized spacial score (nSPS) is 16.4. The summed E-state index contributed by atoms with van der Waals surface area (Å²) in [5.41, 5.74) is 0.952. The zero-order valence-corrected chi connectivity index (χ0v) is 13.4. The molecular formula is C14H19BrClNO2. The number of rotatable bonds is 5. The van der Waals surface area contributed by atoms with Crippen molar-refractivity contribution in [3.8, 4) is 5.75 Å². The summed E-state index contributed by atoms with van der Waals surface area (Å²) >= 11 is 9.59. The molecular weight excluding hydrogens is 330 g/mol. The lowest BCUT2D eigenvalue weighted by atomic mass is 10.0. The Bertz CT molecular complexity index is 422. The van der Waals surface area contributed by atoms with E-state index in [1.54, 1.807) is 0 Å². The minimum absolute atomic E-state index is 0.631. The van der Waals surface area contributed by atoms with E-state index in [1.807, 2.05) is 19.1 Å². The zero-order chi connectivity index (χ0) is 13.7. The van der Waals surface area contributed by atoms with E-state index in [2.05, 4.69) is 21.2 Å². The number of benzene rings is 1. The van der Waals surface area contributed by atoms with Gasteiger partial charge in [0.1, 0.15) is 0 Å². The van der Waals surface area contributed by atoms with E-state index >= 15 is 0 Å². The Balaban J connectivity index is 2.04. The second-order valence-electron chi connectivity index (χ2n) is 4.63. The van der Waals surface area contributed by atoms with Crippen LogP contribution in [0.2, 0.25) is 5.02 Å². The summed E-state index contributed by atoms with van der Waals surface area (Å²) in [5, 5.41) is 4.15. The van der Waals surface area contributed by atoms with Gasteiger partial charge < -0.3 is 14.8 Å². The molecule has 0 bridgehead atoms. The van der Waals surface area contributed by atoms with Crippen LogP contribution in [0.1, 0.15) is 19.8 Å². The largest absolute Gasteiger partial charge is 0.491 e. The molecule has 0 saturated carbocycles. The Morgan fingerprint density at radius 2 is 2.16 bits per heavy atom. The fraction of sp³-hybridized carbons (Fsp3) is 0.571. The maximum absolute atomic E-state index is 6.10. The first-order valence-corrected chi connectivity index (χ1v) is 7.81. The highest BCUT2D eigenvalue weighted by atomic mass is 79.9. The van der Waals surface area contributed by atoms with Crippen LogP contribution in [0.15, 0.2) is 16.6 Å². The Morgan fingerprint density at radius 1 is 1.42 bits per heavy atom. The van der Waals surface area contributed by atoms with Crippen molar-refractivity contribution in [2.45, 2.75) is 19.8 Å². The van der Waals surface area contributed by atoms with Gasteiger partial charge in [-0.2, -0.15) is 0 Å². The Hall–Kier alpha value is -0.450. The fourth-order valence-corrected chi connectivity index (χ4v) is 3.11. The number of nitrogens with one attached hydrogen (secondary N) is 1. The van der Waals surface area contributed by atoms with Crippen molar-refractivity contribution in [2.24, 2.45) is 5.92 Å². The number of hydrogen-bond donors (Lipinski definition) is 1. The van der Waals surface area contributed by atoms with Gasteiger partial charge in [-0.15, -0.1) is 0 Å². The smallest absolute Gasteiger partial charge is 0.156 e. The number of ether oxygens (including phenoxy) is 2. The molecule has 106 valence electrons. The lowest BCUT2D eigenvalue weighted by Crippen LogP contribution is -2.22. The predicted octanol–water partition coefficient (Wildman–Crippen LogP) is 4.34. The van der Waals surface area contributed by atoms with Crippen LogP contribution in [-0.2, 0) is 4.74 Å². The summed E-state index contributed by atoms with van der Waals surface area (Å²) in [6, 6.07) is 3.77. The third-order valence-electron chi connectivity index (χ3n) is 3.22. The maximum Gasteiger partial charge on any atom is 0.156 e. The molecule has 0 atom stereocenters. The minimum Gasteiger partial charge on any atom is -0.491 e. The van der Waals surface area contributed by atoms with E-state index in [-0.39, 0.29) is 0 Å². The van der Waals surface area contributed by atoms with E-state index in [9.17, 15) is 0 Å². The van der Waals surface area contributed by atoms with Gasteiger partial charge in [0, 0.05) is 24.8 Å².